The molecule has 39 heavy (non-hydrogen) atoms. The van der Waals surface area contributed by atoms with E-state index < -0.39 is 18.0 Å². The van der Waals surface area contributed by atoms with Crippen LogP contribution in [0.4, 0.5) is 0 Å². The maximum absolute atomic E-state index is 12.6. The van der Waals surface area contributed by atoms with E-state index in [1.807, 2.05) is 56.3 Å². The van der Waals surface area contributed by atoms with E-state index in [4.69, 9.17) is 18.9 Å². The van der Waals surface area contributed by atoms with Gasteiger partial charge < -0.3 is 18.9 Å². The summed E-state index contributed by atoms with van der Waals surface area (Å²) in [5.74, 6) is 0.999. The second-order valence-corrected chi connectivity index (χ2v) is 8.49. The van der Waals surface area contributed by atoms with Crippen molar-refractivity contribution in [2.45, 2.75) is 26.9 Å². The molecule has 0 radical (unpaired) electrons. The average molecular weight is 527 g/mol. The van der Waals surface area contributed by atoms with Crippen LogP contribution in [0.1, 0.15) is 36.7 Å². The molecule has 0 aliphatic heterocycles. The van der Waals surface area contributed by atoms with Crippen LogP contribution in [0.15, 0.2) is 90.0 Å². The van der Waals surface area contributed by atoms with Crippen molar-refractivity contribution in [2.75, 3.05) is 13.2 Å². The monoisotopic (exact) mass is 526 g/mol. The molecule has 1 unspecified atom stereocenters. The molecule has 0 aliphatic rings. The fourth-order valence-corrected chi connectivity index (χ4v) is 3.73. The van der Waals surface area contributed by atoms with E-state index in [-0.39, 0.29) is 5.75 Å². The Balaban J connectivity index is 1.36. The third-order valence-electron chi connectivity index (χ3n) is 5.66. The molecular weight excluding hydrogens is 496 g/mol. The molecule has 0 bridgehead atoms. The van der Waals surface area contributed by atoms with Gasteiger partial charge in [0, 0.05) is 0 Å². The number of hydrogen-bond acceptors (Lipinski definition) is 7. The van der Waals surface area contributed by atoms with Gasteiger partial charge in [-0.1, -0.05) is 30.3 Å². The van der Waals surface area contributed by atoms with E-state index in [1.54, 1.807) is 49.4 Å². The van der Waals surface area contributed by atoms with Gasteiger partial charge in [0.05, 0.1) is 25.0 Å². The Morgan fingerprint density at radius 3 is 2.28 bits per heavy atom. The fourth-order valence-electron chi connectivity index (χ4n) is 3.73. The first-order valence-electron chi connectivity index (χ1n) is 12.7. The van der Waals surface area contributed by atoms with Crippen LogP contribution < -0.4 is 24.4 Å². The normalized spacial score (nSPS) is 11.7. The molecule has 200 valence electrons. The summed E-state index contributed by atoms with van der Waals surface area (Å²) in [6, 6.07) is 25.3. The van der Waals surface area contributed by atoms with Crippen molar-refractivity contribution in [2.24, 2.45) is 5.10 Å². The largest absolute Gasteiger partial charge is 0.494 e. The number of hydrazone groups is 1. The minimum Gasteiger partial charge on any atom is -0.494 e. The minimum atomic E-state index is -0.758. The standard InChI is InChI=1S/C31H30N2O6/c1-4-36-26-14-12-24(13-15-26)31(35)39-28-17-10-22(18-29(28)37-5-2)20-32-33-30(34)21(3)38-27-16-11-23-8-6-7-9-25(23)19-27/h6-21H,4-5H2,1-3H3,(H,33,34)/b32-20+. The lowest BCUT2D eigenvalue weighted by Crippen LogP contribution is -2.33. The molecule has 0 fully saturated rings. The van der Waals surface area contributed by atoms with Gasteiger partial charge in [-0.25, -0.2) is 10.2 Å². The second kappa shape index (κ2) is 13.1. The molecule has 0 saturated heterocycles. The molecule has 1 N–H and O–H groups in total. The third kappa shape index (κ3) is 7.35. The topological polar surface area (TPSA) is 95.5 Å². The van der Waals surface area contributed by atoms with E-state index in [0.717, 1.165) is 10.8 Å². The Labute approximate surface area is 227 Å². The molecule has 8 heteroatoms. The van der Waals surface area contributed by atoms with Gasteiger partial charge in [0.15, 0.2) is 17.6 Å². The second-order valence-electron chi connectivity index (χ2n) is 8.49. The van der Waals surface area contributed by atoms with Crippen LogP contribution >= 0.6 is 0 Å². The summed E-state index contributed by atoms with van der Waals surface area (Å²) in [5, 5.41) is 6.16. The number of hydrogen-bond donors (Lipinski definition) is 1. The Hall–Kier alpha value is -4.85. The molecule has 4 rings (SSSR count). The summed E-state index contributed by atoms with van der Waals surface area (Å²) in [6.07, 6.45) is 0.716. The van der Waals surface area contributed by atoms with Crippen molar-refractivity contribution in [3.8, 4) is 23.0 Å². The molecule has 0 saturated carbocycles. The van der Waals surface area contributed by atoms with Gasteiger partial charge in [0.2, 0.25) is 0 Å². The van der Waals surface area contributed by atoms with Gasteiger partial charge >= 0.3 is 5.97 Å². The van der Waals surface area contributed by atoms with Gasteiger partial charge in [-0.15, -0.1) is 0 Å². The predicted octanol–water partition coefficient (Wildman–Crippen LogP) is 5.77. The van der Waals surface area contributed by atoms with Crippen LogP contribution in [0.3, 0.4) is 0 Å². The van der Waals surface area contributed by atoms with Gasteiger partial charge in [-0.05, 0) is 91.7 Å². The lowest BCUT2D eigenvalue weighted by atomic mass is 10.1. The van der Waals surface area contributed by atoms with Crippen molar-refractivity contribution in [1.82, 2.24) is 5.43 Å². The number of carbonyl (C=O) groups excluding carboxylic acids is 2. The summed E-state index contributed by atoms with van der Waals surface area (Å²) >= 11 is 0. The quantitative estimate of drug-likeness (QED) is 0.115. The molecular formula is C31H30N2O6. The number of rotatable bonds is 11. The Kier molecular flexibility index (Phi) is 9.13. The number of carbonyl (C=O) groups is 2. The highest BCUT2D eigenvalue weighted by molar-refractivity contribution is 5.92. The molecule has 8 nitrogen and oxygen atoms in total. The zero-order chi connectivity index (χ0) is 27.6. The first-order chi connectivity index (χ1) is 19.0. The molecule has 1 amide bonds. The van der Waals surface area contributed by atoms with Crippen LogP contribution in [0, 0.1) is 0 Å². The first-order valence-corrected chi connectivity index (χ1v) is 12.7. The highest BCUT2D eigenvalue weighted by Gasteiger charge is 2.15. The zero-order valence-corrected chi connectivity index (χ0v) is 22.0. The molecule has 0 aliphatic carbocycles. The Bertz CT molecular complexity index is 1470. The average Bonchev–Trinajstić information content (AvgIpc) is 2.95. The van der Waals surface area contributed by atoms with E-state index in [1.165, 1.54) is 6.21 Å². The van der Waals surface area contributed by atoms with Crippen LogP contribution in [0.25, 0.3) is 10.8 Å². The molecule has 0 aromatic heterocycles. The first kappa shape index (κ1) is 27.2. The summed E-state index contributed by atoms with van der Waals surface area (Å²) in [4.78, 5) is 25.1. The number of nitrogens with zero attached hydrogens (tertiary/aromatic N) is 1. The lowest BCUT2D eigenvalue weighted by Gasteiger charge is -2.13. The minimum absolute atomic E-state index is 0.273. The van der Waals surface area contributed by atoms with Gasteiger partial charge in [-0.2, -0.15) is 5.10 Å². The predicted molar refractivity (Wildman–Crippen MR) is 150 cm³/mol. The van der Waals surface area contributed by atoms with Gasteiger partial charge in [-0.3, -0.25) is 4.79 Å². The zero-order valence-electron chi connectivity index (χ0n) is 22.0. The van der Waals surface area contributed by atoms with Crippen molar-refractivity contribution >= 4 is 28.9 Å². The highest BCUT2D eigenvalue weighted by Crippen LogP contribution is 2.29. The number of nitrogens with one attached hydrogen (secondary N) is 1. The summed E-state index contributed by atoms with van der Waals surface area (Å²) in [5.41, 5.74) is 3.52. The molecule has 4 aromatic rings. The van der Waals surface area contributed by atoms with E-state index in [2.05, 4.69) is 10.5 Å². The fraction of sp³-hybridized carbons (Fsp3) is 0.194. The van der Waals surface area contributed by atoms with Crippen molar-refractivity contribution in [3.05, 3.63) is 96.1 Å². The smallest absolute Gasteiger partial charge is 0.343 e. The van der Waals surface area contributed by atoms with Gasteiger partial charge in [0.25, 0.3) is 5.91 Å². The number of fused-ring (bicyclic) bond motifs is 1. The van der Waals surface area contributed by atoms with Crippen LogP contribution in [0.2, 0.25) is 0 Å². The lowest BCUT2D eigenvalue weighted by molar-refractivity contribution is -0.127. The van der Waals surface area contributed by atoms with Crippen molar-refractivity contribution in [3.63, 3.8) is 0 Å². The van der Waals surface area contributed by atoms with Crippen LogP contribution in [-0.2, 0) is 4.79 Å². The molecule has 4 aromatic carbocycles. The van der Waals surface area contributed by atoms with E-state index in [9.17, 15) is 9.59 Å². The number of esters is 1. The Morgan fingerprint density at radius 2 is 1.54 bits per heavy atom. The van der Waals surface area contributed by atoms with Crippen LogP contribution in [0.5, 0.6) is 23.0 Å². The van der Waals surface area contributed by atoms with Crippen molar-refractivity contribution in [1.29, 1.82) is 0 Å². The number of amides is 1. The third-order valence-corrected chi connectivity index (χ3v) is 5.66. The molecule has 0 heterocycles. The maximum atomic E-state index is 12.6. The summed E-state index contributed by atoms with van der Waals surface area (Å²) in [7, 11) is 0. The summed E-state index contributed by atoms with van der Waals surface area (Å²) < 4.78 is 22.4. The van der Waals surface area contributed by atoms with Crippen LogP contribution in [-0.4, -0.2) is 37.4 Å². The number of ether oxygens (including phenoxy) is 4. The van der Waals surface area contributed by atoms with Crippen molar-refractivity contribution < 1.29 is 28.5 Å². The Morgan fingerprint density at radius 1 is 0.821 bits per heavy atom. The summed E-state index contributed by atoms with van der Waals surface area (Å²) in [6.45, 7) is 6.28. The highest BCUT2D eigenvalue weighted by atomic mass is 16.6. The SMILES string of the molecule is CCOc1ccc(C(=O)Oc2ccc(/C=N/NC(=O)C(C)Oc3ccc4ccccc4c3)cc2OCC)cc1. The van der Waals surface area contributed by atoms with E-state index in [0.29, 0.717) is 41.6 Å². The number of benzene rings is 4. The maximum Gasteiger partial charge on any atom is 0.343 e. The molecule has 1 atom stereocenters. The molecule has 0 spiro atoms. The van der Waals surface area contributed by atoms with Gasteiger partial charge in [0.1, 0.15) is 11.5 Å². The van der Waals surface area contributed by atoms with E-state index >= 15 is 0 Å².